The molecule has 94 valence electrons. The lowest BCUT2D eigenvalue weighted by atomic mass is 10.0. The van der Waals surface area contributed by atoms with Crippen molar-refractivity contribution in [2.45, 2.75) is 19.4 Å². The van der Waals surface area contributed by atoms with E-state index in [1.165, 1.54) is 23.1 Å². The number of hydrogen-bond donors (Lipinski definition) is 2. The Morgan fingerprint density at radius 2 is 2.12 bits per heavy atom. The molecule has 0 heterocycles. The summed E-state index contributed by atoms with van der Waals surface area (Å²) in [6.07, 6.45) is 0. The Kier molecular flexibility index (Phi) is 4.01. The highest BCUT2D eigenvalue weighted by Gasteiger charge is 2.28. The second-order valence-corrected chi connectivity index (χ2v) is 4.95. The number of phenolic OH excluding ortho intramolecular Hbond substituents is 1. The Morgan fingerprint density at radius 3 is 2.65 bits per heavy atom. The van der Waals surface area contributed by atoms with Crippen molar-refractivity contribution in [1.29, 1.82) is 0 Å². The lowest BCUT2D eigenvalue weighted by molar-refractivity contribution is 0.0640. The van der Waals surface area contributed by atoms with Crippen LogP contribution in [0.1, 0.15) is 24.2 Å². The molecule has 0 aromatic heterocycles. The van der Waals surface area contributed by atoms with E-state index in [1.54, 1.807) is 7.05 Å². The molecule has 0 saturated carbocycles. The van der Waals surface area contributed by atoms with E-state index in [4.69, 9.17) is 17.3 Å². The van der Waals surface area contributed by atoms with Gasteiger partial charge in [-0.3, -0.25) is 4.79 Å². The molecule has 3 N–H and O–H groups in total. The summed E-state index contributed by atoms with van der Waals surface area (Å²) >= 11 is 5.94. The predicted molar refractivity (Wildman–Crippen MR) is 68.3 cm³/mol. The number of halogens is 1. The van der Waals surface area contributed by atoms with Gasteiger partial charge in [0.15, 0.2) is 0 Å². The molecule has 0 bridgehead atoms. The smallest absolute Gasteiger partial charge is 0.255 e. The van der Waals surface area contributed by atoms with Gasteiger partial charge in [0.1, 0.15) is 5.75 Å². The monoisotopic (exact) mass is 256 g/mol. The number of hydrogen-bond acceptors (Lipinski definition) is 3. The quantitative estimate of drug-likeness (QED) is 0.867. The normalized spacial score (nSPS) is 11.4. The Labute approximate surface area is 106 Å². The average Bonchev–Trinajstić information content (AvgIpc) is 2.30. The fourth-order valence-corrected chi connectivity index (χ4v) is 1.47. The van der Waals surface area contributed by atoms with Crippen LogP contribution in [-0.4, -0.2) is 35.0 Å². The first-order valence-corrected chi connectivity index (χ1v) is 5.64. The summed E-state index contributed by atoms with van der Waals surface area (Å²) in [6, 6.07) is 4.29. The number of likely N-dealkylation sites (N-methyl/N-ethyl adjacent to an activating group) is 1. The van der Waals surface area contributed by atoms with Crippen LogP contribution in [0.4, 0.5) is 0 Å². The molecule has 0 radical (unpaired) electrons. The van der Waals surface area contributed by atoms with E-state index < -0.39 is 5.54 Å². The van der Waals surface area contributed by atoms with Gasteiger partial charge in [0.05, 0.1) is 10.6 Å². The van der Waals surface area contributed by atoms with Crippen LogP contribution in [0.2, 0.25) is 5.02 Å². The Bertz CT molecular complexity index is 433. The Hall–Kier alpha value is -1.26. The largest absolute Gasteiger partial charge is 0.508 e. The maximum atomic E-state index is 12.2. The van der Waals surface area contributed by atoms with Crippen LogP contribution in [0.5, 0.6) is 5.75 Å². The fourth-order valence-electron chi connectivity index (χ4n) is 1.27. The van der Waals surface area contributed by atoms with Crippen molar-refractivity contribution >= 4 is 17.5 Å². The van der Waals surface area contributed by atoms with Crippen LogP contribution < -0.4 is 5.73 Å². The molecule has 1 rings (SSSR count). The molecule has 0 saturated heterocycles. The molecule has 0 aliphatic carbocycles. The van der Waals surface area contributed by atoms with E-state index in [1.807, 2.05) is 13.8 Å². The first-order valence-electron chi connectivity index (χ1n) is 5.26. The zero-order chi connectivity index (χ0) is 13.2. The highest BCUT2D eigenvalue weighted by atomic mass is 35.5. The Balaban J connectivity index is 3.08. The lowest BCUT2D eigenvalue weighted by Crippen LogP contribution is -2.50. The molecule has 0 unspecified atom stereocenters. The van der Waals surface area contributed by atoms with Gasteiger partial charge in [-0.25, -0.2) is 0 Å². The second kappa shape index (κ2) is 4.94. The Morgan fingerprint density at radius 1 is 1.53 bits per heavy atom. The van der Waals surface area contributed by atoms with Gasteiger partial charge in [0.25, 0.3) is 5.91 Å². The zero-order valence-electron chi connectivity index (χ0n) is 10.2. The van der Waals surface area contributed by atoms with Gasteiger partial charge < -0.3 is 15.7 Å². The van der Waals surface area contributed by atoms with E-state index in [9.17, 15) is 9.90 Å². The third-order valence-electron chi connectivity index (χ3n) is 2.89. The van der Waals surface area contributed by atoms with Crippen molar-refractivity contribution in [3.05, 3.63) is 28.8 Å². The number of carbonyl (C=O) groups is 1. The molecule has 5 heteroatoms. The number of carbonyl (C=O) groups excluding carboxylic acids is 1. The minimum atomic E-state index is -0.466. The number of phenols is 1. The molecule has 1 aromatic carbocycles. The molecule has 0 aliphatic heterocycles. The molecule has 0 aliphatic rings. The second-order valence-electron chi connectivity index (χ2n) is 4.54. The van der Waals surface area contributed by atoms with Crippen LogP contribution in [0.3, 0.4) is 0 Å². The summed E-state index contributed by atoms with van der Waals surface area (Å²) in [5.74, 6) is -0.252. The first-order chi connectivity index (χ1) is 7.79. The van der Waals surface area contributed by atoms with E-state index in [2.05, 4.69) is 0 Å². The van der Waals surface area contributed by atoms with E-state index in [-0.39, 0.29) is 17.2 Å². The highest BCUT2D eigenvalue weighted by Crippen LogP contribution is 2.24. The van der Waals surface area contributed by atoms with Crippen LogP contribution >= 0.6 is 11.6 Å². The third-order valence-corrected chi connectivity index (χ3v) is 3.22. The SMILES string of the molecule is CN(C(=O)c1cc(O)ccc1Cl)C(C)(C)CN. The van der Waals surface area contributed by atoms with Crippen LogP contribution in [0.15, 0.2) is 18.2 Å². The minimum Gasteiger partial charge on any atom is -0.508 e. The molecule has 4 nitrogen and oxygen atoms in total. The van der Waals surface area contributed by atoms with E-state index in [0.717, 1.165) is 0 Å². The standard InChI is InChI=1S/C12H17ClN2O2/c1-12(2,7-14)15(3)11(17)9-6-8(16)4-5-10(9)13/h4-6,16H,7,14H2,1-3H3. The average molecular weight is 257 g/mol. The molecule has 1 amide bonds. The molecular formula is C12H17ClN2O2. The lowest BCUT2D eigenvalue weighted by Gasteiger charge is -2.34. The van der Waals surface area contributed by atoms with Crippen molar-refractivity contribution in [2.24, 2.45) is 5.73 Å². The topological polar surface area (TPSA) is 66.6 Å². The molecule has 0 fully saturated rings. The van der Waals surface area contributed by atoms with E-state index >= 15 is 0 Å². The number of amides is 1. The van der Waals surface area contributed by atoms with Crippen molar-refractivity contribution in [2.75, 3.05) is 13.6 Å². The van der Waals surface area contributed by atoms with Crippen molar-refractivity contribution in [1.82, 2.24) is 4.90 Å². The summed E-state index contributed by atoms with van der Waals surface area (Å²) in [4.78, 5) is 13.7. The highest BCUT2D eigenvalue weighted by molar-refractivity contribution is 6.33. The van der Waals surface area contributed by atoms with Gasteiger partial charge in [0.2, 0.25) is 0 Å². The summed E-state index contributed by atoms with van der Waals surface area (Å²) < 4.78 is 0. The van der Waals surface area contributed by atoms with Crippen molar-refractivity contribution < 1.29 is 9.90 Å². The van der Waals surface area contributed by atoms with Crippen molar-refractivity contribution in [3.8, 4) is 5.75 Å². The summed E-state index contributed by atoms with van der Waals surface area (Å²) in [6.45, 7) is 4.06. The minimum absolute atomic E-state index is 0.0108. The molecule has 0 spiro atoms. The number of nitrogens with zero attached hydrogens (tertiary/aromatic N) is 1. The summed E-state index contributed by atoms with van der Waals surface area (Å²) in [7, 11) is 1.66. The van der Waals surface area contributed by atoms with Gasteiger partial charge in [0, 0.05) is 19.1 Å². The third kappa shape index (κ3) is 2.90. The van der Waals surface area contributed by atoms with Crippen LogP contribution in [0.25, 0.3) is 0 Å². The van der Waals surface area contributed by atoms with Gasteiger partial charge in [-0.1, -0.05) is 11.6 Å². The maximum Gasteiger partial charge on any atom is 0.255 e. The molecule has 17 heavy (non-hydrogen) atoms. The number of aromatic hydroxyl groups is 1. The van der Waals surface area contributed by atoms with Gasteiger partial charge in [-0.15, -0.1) is 0 Å². The summed E-state index contributed by atoms with van der Waals surface area (Å²) in [5.41, 5.74) is 5.42. The molecular weight excluding hydrogens is 240 g/mol. The number of benzene rings is 1. The number of rotatable bonds is 3. The molecule has 0 atom stereocenters. The fraction of sp³-hybridized carbons (Fsp3) is 0.417. The van der Waals surface area contributed by atoms with Crippen LogP contribution in [0, 0.1) is 0 Å². The predicted octanol–water partition coefficient (Wildman–Crippen LogP) is 1.85. The summed E-state index contributed by atoms with van der Waals surface area (Å²) in [5, 5.41) is 9.69. The van der Waals surface area contributed by atoms with E-state index in [0.29, 0.717) is 11.6 Å². The van der Waals surface area contributed by atoms with Gasteiger partial charge in [-0.05, 0) is 32.0 Å². The zero-order valence-corrected chi connectivity index (χ0v) is 11.0. The molecule has 1 aromatic rings. The van der Waals surface area contributed by atoms with Crippen molar-refractivity contribution in [3.63, 3.8) is 0 Å². The number of nitrogens with two attached hydrogens (primary N) is 1. The van der Waals surface area contributed by atoms with Gasteiger partial charge >= 0.3 is 0 Å². The van der Waals surface area contributed by atoms with Crippen LogP contribution in [-0.2, 0) is 0 Å². The first kappa shape index (κ1) is 13.8. The van der Waals surface area contributed by atoms with Gasteiger partial charge in [-0.2, -0.15) is 0 Å². The maximum absolute atomic E-state index is 12.2.